The van der Waals surface area contributed by atoms with E-state index < -0.39 is 0 Å². The van der Waals surface area contributed by atoms with Crippen molar-refractivity contribution in [2.24, 2.45) is 5.73 Å². The van der Waals surface area contributed by atoms with E-state index in [-0.39, 0.29) is 6.04 Å². The molecule has 2 heterocycles. The number of rotatable bonds is 2. The summed E-state index contributed by atoms with van der Waals surface area (Å²) in [5.74, 6) is 0.762. The molecule has 2 aromatic rings. The van der Waals surface area contributed by atoms with Crippen LogP contribution in [-0.4, -0.2) is 9.97 Å². The third-order valence-electron chi connectivity index (χ3n) is 2.30. The number of hydrogen-bond donors (Lipinski definition) is 1. The first kappa shape index (κ1) is 11.7. The average Bonchev–Trinajstić information content (AvgIpc) is 2.64. The van der Waals surface area contributed by atoms with Crippen molar-refractivity contribution in [2.75, 3.05) is 0 Å². The summed E-state index contributed by atoms with van der Waals surface area (Å²) < 4.78 is 1.06. The minimum Gasteiger partial charge on any atom is -0.324 e. The fourth-order valence-electron chi connectivity index (χ4n) is 1.47. The number of thiophene rings is 1. The van der Waals surface area contributed by atoms with E-state index in [0.717, 1.165) is 26.4 Å². The van der Waals surface area contributed by atoms with Crippen molar-refractivity contribution in [2.45, 2.75) is 19.9 Å². The summed E-state index contributed by atoms with van der Waals surface area (Å²) in [5, 5.41) is 2.02. The zero-order chi connectivity index (χ0) is 11.7. The zero-order valence-electron chi connectivity index (χ0n) is 9.07. The van der Waals surface area contributed by atoms with E-state index >= 15 is 0 Å². The summed E-state index contributed by atoms with van der Waals surface area (Å²) in [6.45, 7) is 3.90. The molecule has 0 fully saturated rings. The maximum atomic E-state index is 5.82. The third-order valence-corrected chi connectivity index (χ3v) is 3.98. The van der Waals surface area contributed by atoms with E-state index in [0.29, 0.717) is 0 Å². The molecular formula is C11H12BrN3S. The first-order chi connectivity index (χ1) is 7.58. The van der Waals surface area contributed by atoms with Crippen molar-refractivity contribution in [1.29, 1.82) is 0 Å². The van der Waals surface area contributed by atoms with Gasteiger partial charge in [-0.2, -0.15) is 0 Å². The SMILES string of the molecule is Cc1nc(-c2cc(Br)cs2)ncc1[C@H](C)N. The number of hydrogen-bond acceptors (Lipinski definition) is 4. The molecule has 0 unspecified atom stereocenters. The van der Waals surface area contributed by atoms with Gasteiger partial charge in [0.1, 0.15) is 0 Å². The lowest BCUT2D eigenvalue weighted by atomic mass is 10.1. The highest BCUT2D eigenvalue weighted by Gasteiger charge is 2.09. The van der Waals surface area contributed by atoms with Crippen molar-refractivity contribution in [3.8, 4) is 10.7 Å². The van der Waals surface area contributed by atoms with Crippen LogP contribution in [0.3, 0.4) is 0 Å². The van der Waals surface area contributed by atoms with E-state index in [1.807, 2.05) is 31.5 Å². The van der Waals surface area contributed by atoms with Crippen LogP contribution in [0.4, 0.5) is 0 Å². The van der Waals surface area contributed by atoms with Gasteiger partial charge in [0.05, 0.1) is 4.88 Å². The van der Waals surface area contributed by atoms with E-state index in [4.69, 9.17) is 5.73 Å². The molecular weight excluding hydrogens is 286 g/mol. The molecule has 84 valence electrons. The summed E-state index contributed by atoms with van der Waals surface area (Å²) in [4.78, 5) is 9.88. The Bertz CT molecular complexity index is 508. The molecule has 16 heavy (non-hydrogen) atoms. The van der Waals surface area contributed by atoms with Crippen LogP contribution in [0.1, 0.15) is 24.2 Å². The Morgan fingerprint density at radius 1 is 1.50 bits per heavy atom. The van der Waals surface area contributed by atoms with E-state index in [2.05, 4.69) is 25.9 Å². The smallest absolute Gasteiger partial charge is 0.169 e. The number of nitrogens with zero attached hydrogens (tertiary/aromatic N) is 2. The zero-order valence-corrected chi connectivity index (χ0v) is 11.5. The largest absolute Gasteiger partial charge is 0.324 e. The molecule has 2 aromatic heterocycles. The van der Waals surface area contributed by atoms with E-state index in [9.17, 15) is 0 Å². The molecule has 0 saturated carbocycles. The van der Waals surface area contributed by atoms with Gasteiger partial charge in [-0.3, -0.25) is 0 Å². The predicted octanol–water partition coefficient (Wildman–Crippen LogP) is 3.30. The maximum absolute atomic E-state index is 5.82. The molecule has 0 aliphatic carbocycles. The van der Waals surface area contributed by atoms with E-state index in [1.165, 1.54) is 0 Å². The molecule has 0 aromatic carbocycles. The van der Waals surface area contributed by atoms with Crippen molar-refractivity contribution in [3.63, 3.8) is 0 Å². The molecule has 0 bridgehead atoms. The van der Waals surface area contributed by atoms with Gasteiger partial charge < -0.3 is 5.73 Å². The van der Waals surface area contributed by atoms with Gasteiger partial charge in [-0.25, -0.2) is 9.97 Å². The Balaban J connectivity index is 2.42. The summed E-state index contributed by atoms with van der Waals surface area (Å²) >= 11 is 5.04. The van der Waals surface area contributed by atoms with Gasteiger partial charge in [0.15, 0.2) is 5.82 Å². The number of nitrogens with two attached hydrogens (primary N) is 1. The first-order valence-electron chi connectivity index (χ1n) is 4.91. The van der Waals surface area contributed by atoms with Crippen LogP contribution in [0.15, 0.2) is 22.1 Å². The normalized spacial score (nSPS) is 12.8. The summed E-state index contributed by atoms with van der Waals surface area (Å²) in [6.07, 6.45) is 1.82. The molecule has 0 radical (unpaired) electrons. The highest BCUT2D eigenvalue weighted by atomic mass is 79.9. The molecule has 0 aliphatic heterocycles. The highest BCUT2D eigenvalue weighted by Crippen LogP contribution is 2.28. The van der Waals surface area contributed by atoms with Crippen LogP contribution in [0.25, 0.3) is 10.7 Å². The molecule has 0 saturated heterocycles. The Kier molecular flexibility index (Phi) is 3.37. The maximum Gasteiger partial charge on any atom is 0.169 e. The number of halogens is 1. The Hall–Kier alpha value is -0.780. The highest BCUT2D eigenvalue weighted by molar-refractivity contribution is 9.10. The quantitative estimate of drug-likeness (QED) is 0.925. The lowest BCUT2D eigenvalue weighted by Gasteiger charge is -2.08. The van der Waals surface area contributed by atoms with Crippen molar-refractivity contribution in [3.05, 3.63) is 33.4 Å². The Labute approximate surface area is 107 Å². The fourth-order valence-corrected chi connectivity index (χ4v) is 2.84. The summed E-state index contributed by atoms with van der Waals surface area (Å²) in [7, 11) is 0. The average molecular weight is 298 g/mol. The van der Waals surface area contributed by atoms with Crippen LogP contribution in [0, 0.1) is 6.92 Å². The van der Waals surface area contributed by atoms with Crippen LogP contribution < -0.4 is 5.73 Å². The van der Waals surface area contributed by atoms with Crippen LogP contribution in [0.2, 0.25) is 0 Å². The number of aryl methyl sites for hydroxylation is 1. The fraction of sp³-hybridized carbons (Fsp3) is 0.273. The van der Waals surface area contributed by atoms with Gasteiger partial charge in [0, 0.05) is 33.3 Å². The molecule has 0 amide bonds. The molecule has 0 spiro atoms. The second kappa shape index (κ2) is 4.61. The number of aromatic nitrogens is 2. The topological polar surface area (TPSA) is 51.8 Å². The van der Waals surface area contributed by atoms with Gasteiger partial charge in [-0.1, -0.05) is 0 Å². The molecule has 2 rings (SSSR count). The van der Waals surface area contributed by atoms with Gasteiger partial charge >= 0.3 is 0 Å². The standard InChI is InChI=1S/C11H12BrN3S/c1-6(13)9-4-14-11(15-7(9)2)10-3-8(12)5-16-10/h3-6H,13H2,1-2H3/t6-/m0/s1. The molecule has 3 nitrogen and oxygen atoms in total. The minimum atomic E-state index is -0.0240. The van der Waals surface area contributed by atoms with Crippen molar-refractivity contribution in [1.82, 2.24) is 9.97 Å². The Morgan fingerprint density at radius 3 is 2.75 bits per heavy atom. The lowest BCUT2D eigenvalue weighted by Crippen LogP contribution is -2.09. The molecule has 5 heteroatoms. The van der Waals surface area contributed by atoms with Crippen LogP contribution in [-0.2, 0) is 0 Å². The minimum absolute atomic E-state index is 0.0240. The molecule has 1 atom stereocenters. The third kappa shape index (κ3) is 2.31. The Morgan fingerprint density at radius 2 is 2.25 bits per heavy atom. The molecule has 0 aliphatic rings. The lowest BCUT2D eigenvalue weighted by molar-refractivity contribution is 0.790. The van der Waals surface area contributed by atoms with Gasteiger partial charge in [-0.15, -0.1) is 11.3 Å². The van der Waals surface area contributed by atoms with E-state index in [1.54, 1.807) is 11.3 Å². The van der Waals surface area contributed by atoms with Crippen LogP contribution in [0.5, 0.6) is 0 Å². The van der Waals surface area contributed by atoms with Gasteiger partial charge in [0.25, 0.3) is 0 Å². The molecule has 2 N–H and O–H groups in total. The second-order valence-electron chi connectivity index (χ2n) is 3.65. The van der Waals surface area contributed by atoms with Crippen molar-refractivity contribution < 1.29 is 0 Å². The van der Waals surface area contributed by atoms with Gasteiger partial charge in [0.2, 0.25) is 0 Å². The second-order valence-corrected chi connectivity index (χ2v) is 5.48. The van der Waals surface area contributed by atoms with Crippen LogP contribution >= 0.6 is 27.3 Å². The predicted molar refractivity (Wildman–Crippen MR) is 70.4 cm³/mol. The van der Waals surface area contributed by atoms with Crippen molar-refractivity contribution >= 4 is 27.3 Å². The monoisotopic (exact) mass is 297 g/mol. The first-order valence-corrected chi connectivity index (χ1v) is 6.58. The van der Waals surface area contributed by atoms with Gasteiger partial charge in [-0.05, 0) is 35.8 Å². The summed E-state index contributed by atoms with van der Waals surface area (Å²) in [5.41, 5.74) is 7.77. The summed E-state index contributed by atoms with van der Waals surface area (Å²) in [6, 6.07) is 1.99.